The molecule has 9 heteroatoms. The van der Waals surface area contributed by atoms with E-state index < -0.39 is 0 Å². The van der Waals surface area contributed by atoms with E-state index in [0.717, 1.165) is 36.6 Å². The van der Waals surface area contributed by atoms with Crippen LogP contribution in [0.3, 0.4) is 0 Å². The van der Waals surface area contributed by atoms with Crippen molar-refractivity contribution in [2.24, 2.45) is 7.05 Å². The van der Waals surface area contributed by atoms with Gasteiger partial charge in [0.25, 0.3) is 5.91 Å². The Kier molecular flexibility index (Phi) is 5.16. The van der Waals surface area contributed by atoms with Gasteiger partial charge in [-0.1, -0.05) is 0 Å². The quantitative estimate of drug-likeness (QED) is 0.769. The average molecular weight is 399 g/mol. The summed E-state index contributed by atoms with van der Waals surface area (Å²) in [5.74, 6) is 1.64. The number of aromatic nitrogens is 4. The largest absolute Gasteiger partial charge is 0.369 e. The predicted molar refractivity (Wildman–Crippen MR) is 110 cm³/mol. The molecule has 29 heavy (non-hydrogen) atoms. The second kappa shape index (κ2) is 7.62. The number of piperazine rings is 1. The SMILES string of the molecule is C[C@@H]1Cc2c(nn(C)c2C(=O)N2CCN(c3ccnc(N(C)C)n3)CC2)[C@H](C)O1. The molecular formula is C20H29N7O2. The Morgan fingerprint density at radius 1 is 1.21 bits per heavy atom. The number of hydrogen-bond acceptors (Lipinski definition) is 7. The van der Waals surface area contributed by atoms with Gasteiger partial charge in [-0.25, -0.2) is 4.98 Å². The van der Waals surface area contributed by atoms with Crippen LogP contribution in [-0.4, -0.2) is 76.9 Å². The van der Waals surface area contributed by atoms with E-state index >= 15 is 0 Å². The van der Waals surface area contributed by atoms with Crippen LogP contribution >= 0.6 is 0 Å². The second-order valence-corrected chi connectivity index (χ2v) is 8.02. The van der Waals surface area contributed by atoms with E-state index in [-0.39, 0.29) is 18.1 Å². The molecule has 0 aromatic carbocycles. The predicted octanol–water partition coefficient (Wildman–Crippen LogP) is 1.26. The Balaban J connectivity index is 1.49. The molecule has 0 N–H and O–H groups in total. The fourth-order valence-electron chi connectivity index (χ4n) is 4.15. The molecule has 2 aliphatic heterocycles. The molecule has 2 aromatic heterocycles. The van der Waals surface area contributed by atoms with Gasteiger partial charge in [0.1, 0.15) is 11.5 Å². The van der Waals surface area contributed by atoms with Crippen LogP contribution in [0.25, 0.3) is 0 Å². The molecule has 2 aliphatic rings. The third-order valence-electron chi connectivity index (χ3n) is 5.61. The van der Waals surface area contributed by atoms with E-state index in [9.17, 15) is 4.79 Å². The van der Waals surface area contributed by atoms with Crippen molar-refractivity contribution in [1.29, 1.82) is 0 Å². The first-order chi connectivity index (χ1) is 13.8. The standard InChI is InChI=1S/C20H29N7O2/c1-13-12-15-17(14(2)29-13)23-25(5)18(15)19(28)27-10-8-26(9-11-27)16-6-7-21-20(22-16)24(3)4/h6-7,13-14H,8-12H2,1-5H3/t13-,14+/m1/s1. The van der Waals surface area contributed by atoms with Gasteiger partial charge in [0, 0.05) is 65.5 Å². The molecular weight excluding hydrogens is 370 g/mol. The Hall–Kier alpha value is -2.68. The van der Waals surface area contributed by atoms with Crippen molar-refractivity contribution in [3.05, 3.63) is 29.2 Å². The third kappa shape index (κ3) is 3.66. The van der Waals surface area contributed by atoms with Gasteiger partial charge < -0.3 is 19.4 Å². The molecule has 0 radical (unpaired) electrons. The molecule has 1 amide bonds. The molecule has 0 bridgehead atoms. The lowest BCUT2D eigenvalue weighted by Gasteiger charge is -2.35. The molecule has 0 spiro atoms. The second-order valence-electron chi connectivity index (χ2n) is 8.02. The van der Waals surface area contributed by atoms with Crippen LogP contribution in [0.2, 0.25) is 0 Å². The zero-order valence-electron chi connectivity index (χ0n) is 17.8. The van der Waals surface area contributed by atoms with Gasteiger partial charge in [0.2, 0.25) is 5.95 Å². The lowest BCUT2D eigenvalue weighted by Crippen LogP contribution is -2.49. The minimum Gasteiger partial charge on any atom is -0.369 e. The van der Waals surface area contributed by atoms with Crippen LogP contribution in [-0.2, 0) is 18.2 Å². The molecule has 156 valence electrons. The minimum atomic E-state index is -0.0815. The molecule has 4 heterocycles. The van der Waals surface area contributed by atoms with Gasteiger partial charge in [-0.05, 0) is 19.9 Å². The van der Waals surface area contributed by atoms with Crippen molar-refractivity contribution < 1.29 is 9.53 Å². The molecule has 9 nitrogen and oxygen atoms in total. The van der Waals surface area contributed by atoms with Gasteiger partial charge in [-0.15, -0.1) is 0 Å². The van der Waals surface area contributed by atoms with Crippen molar-refractivity contribution in [3.63, 3.8) is 0 Å². The Morgan fingerprint density at radius 3 is 2.62 bits per heavy atom. The molecule has 4 rings (SSSR count). The maximum Gasteiger partial charge on any atom is 0.272 e. The normalized spacial score (nSPS) is 21.8. The Labute approximate surface area is 171 Å². The topological polar surface area (TPSA) is 79.6 Å². The Morgan fingerprint density at radius 2 is 1.93 bits per heavy atom. The summed E-state index contributed by atoms with van der Waals surface area (Å²) in [7, 11) is 5.71. The first kappa shape index (κ1) is 19.6. The van der Waals surface area contributed by atoms with Crippen LogP contribution in [0.5, 0.6) is 0 Å². The van der Waals surface area contributed by atoms with Crippen molar-refractivity contribution in [1.82, 2.24) is 24.6 Å². The summed E-state index contributed by atoms with van der Waals surface area (Å²) in [5.41, 5.74) is 2.63. The average Bonchev–Trinajstić information content (AvgIpc) is 3.04. The van der Waals surface area contributed by atoms with Crippen LogP contribution < -0.4 is 9.80 Å². The van der Waals surface area contributed by atoms with E-state index in [1.807, 2.05) is 50.9 Å². The minimum absolute atomic E-state index is 0.0545. The zero-order valence-corrected chi connectivity index (χ0v) is 17.8. The van der Waals surface area contributed by atoms with E-state index in [0.29, 0.717) is 24.7 Å². The van der Waals surface area contributed by atoms with Crippen molar-refractivity contribution in [2.45, 2.75) is 32.5 Å². The van der Waals surface area contributed by atoms with E-state index in [2.05, 4.69) is 20.0 Å². The maximum atomic E-state index is 13.3. The molecule has 1 fully saturated rings. The highest BCUT2D eigenvalue weighted by Crippen LogP contribution is 2.31. The molecule has 0 saturated carbocycles. The van der Waals surface area contributed by atoms with Gasteiger partial charge in [-0.3, -0.25) is 9.48 Å². The van der Waals surface area contributed by atoms with Gasteiger partial charge >= 0.3 is 0 Å². The number of nitrogens with zero attached hydrogens (tertiary/aromatic N) is 7. The number of carbonyl (C=O) groups excluding carboxylic acids is 1. The fourth-order valence-corrected chi connectivity index (χ4v) is 4.15. The van der Waals surface area contributed by atoms with Crippen LogP contribution in [0.4, 0.5) is 11.8 Å². The number of anilines is 2. The van der Waals surface area contributed by atoms with Gasteiger partial charge in [0.15, 0.2) is 0 Å². The van der Waals surface area contributed by atoms with E-state index in [1.165, 1.54) is 0 Å². The summed E-state index contributed by atoms with van der Waals surface area (Å²) in [5, 5.41) is 4.58. The summed E-state index contributed by atoms with van der Waals surface area (Å²) >= 11 is 0. The van der Waals surface area contributed by atoms with Crippen molar-refractivity contribution in [2.75, 3.05) is 50.1 Å². The summed E-state index contributed by atoms with van der Waals surface area (Å²) in [4.78, 5) is 28.2. The molecule has 0 unspecified atom stereocenters. The van der Waals surface area contributed by atoms with Gasteiger partial charge in [0.05, 0.1) is 17.9 Å². The number of fused-ring (bicyclic) bond motifs is 1. The van der Waals surface area contributed by atoms with Gasteiger partial charge in [-0.2, -0.15) is 10.1 Å². The summed E-state index contributed by atoms with van der Waals surface area (Å²) in [6.45, 7) is 6.84. The van der Waals surface area contributed by atoms with E-state index in [1.54, 1.807) is 10.9 Å². The molecule has 2 aromatic rings. The first-order valence-corrected chi connectivity index (χ1v) is 10.1. The molecule has 0 aliphatic carbocycles. The fraction of sp³-hybridized carbons (Fsp3) is 0.600. The first-order valence-electron chi connectivity index (χ1n) is 10.1. The number of ether oxygens (including phenoxy) is 1. The van der Waals surface area contributed by atoms with Crippen LogP contribution in [0, 0.1) is 0 Å². The third-order valence-corrected chi connectivity index (χ3v) is 5.61. The molecule has 1 saturated heterocycles. The number of aryl methyl sites for hydroxylation is 1. The summed E-state index contributed by atoms with van der Waals surface area (Å²) in [6, 6.07) is 1.92. The maximum absolute atomic E-state index is 13.3. The Bertz CT molecular complexity index is 902. The highest BCUT2D eigenvalue weighted by molar-refractivity contribution is 5.94. The molecule has 2 atom stereocenters. The lowest BCUT2D eigenvalue weighted by atomic mass is 9.99. The van der Waals surface area contributed by atoms with Crippen molar-refractivity contribution in [3.8, 4) is 0 Å². The number of amides is 1. The highest BCUT2D eigenvalue weighted by Gasteiger charge is 2.34. The lowest BCUT2D eigenvalue weighted by molar-refractivity contribution is -0.00714. The number of carbonyl (C=O) groups is 1. The summed E-state index contributed by atoms with van der Waals surface area (Å²) < 4.78 is 7.60. The zero-order chi connectivity index (χ0) is 20.7. The number of rotatable bonds is 3. The number of hydrogen-bond donors (Lipinski definition) is 0. The van der Waals surface area contributed by atoms with Crippen molar-refractivity contribution >= 4 is 17.7 Å². The van der Waals surface area contributed by atoms with E-state index in [4.69, 9.17) is 4.74 Å². The smallest absolute Gasteiger partial charge is 0.272 e. The highest BCUT2D eigenvalue weighted by atomic mass is 16.5. The summed E-state index contributed by atoms with van der Waals surface area (Å²) in [6.07, 6.45) is 2.51. The van der Waals surface area contributed by atoms with Crippen LogP contribution in [0.15, 0.2) is 12.3 Å². The monoisotopic (exact) mass is 399 g/mol. The van der Waals surface area contributed by atoms with Crippen LogP contribution in [0.1, 0.15) is 41.7 Å².